The first kappa shape index (κ1) is 21.5. The van der Waals surface area contributed by atoms with Gasteiger partial charge in [-0.3, -0.25) is 4.90 Å². The molecular formula is C17H26N2O7. The standard InChI is InChI=1S/C15H24N2O3.C2H2O4/c1-16-5-7-17(8-6-16)11-12-9-13(18-2)15(20-4)14(10-12)19-3;3-1(4)2(5)6/h9-10H,5-8,11H2,1-4H3;(H,3,4)(H,5,6). The molecule has 1 aliphatic rings. The van der Waals surface area contributed by atoms with E-state index in [0.717, 1.165) is 44.2 Å². The number of aliphatic carboxylic acids is 2. The Kier molecular flexibility index (Phi) is 8.66. The summed E-state index contributed by atoms with van der Waals surface area (Å²) in [6, 6.07) is 4.05. The molecular weight excluding hydrogens is 344 g/mol. The number of piperazine rings is 1. The Bertz CT molecular complexity index is 576. The molecule has 9 nitrogen and oxygen atoms in total. The fourth-order valence-corrected chi connectivity index (χ4v) is 2.49. The van der Waals surface area contributed by atoms with Crippen molar-refractivity contribution in [2.75, 3.05) is 54.6 Å². The van der Waals surface area contributed by atoms with Gasteiger partial charge in [0.15, 0.2) is 11.5 Å². The van der Waals surface area contributed by atoms with Crippen molar-refractivity contribution in [3.63, 3.8) is 0 Å². The third-order valence-electron chi connectivity index (χ3n) is 3.91. The van der Waals surface area contributed by atoms with Crippen LogP contribution >= 0.6 is 0 Å². The molecule has 0 aliphatic carbocycles. The van der Waals surface area contributed by atoms with Crippen molar-refractivity contribution in [2.24, 2.45) is 0 Å². The lowest BCUT2D eigenvalue weighted by Gasteiger charge is -2.32. The van der Waals surface area contributed by atoms with E-state index < -0.39 is 11.9 Å². The Morgan fingerprint density at radius 1 is 0.923 bits per heavy atom. The molecule has 9 heteroatoms. The number of carboxylic acids is 2. The lowest BCUT2D eigenvalue weighted by atomic mass is 10.1. The van der Waals surface area contributed by atoms with Crippen LogP contribution in [-0.2, 0) is 16.1 Å². The summed E-state index contributed by atoms with van der Waals surface area (Å²) in [5.74, 6) is -1.56. The van der Waals surface area contributed by atoms with Gasteiger partial charge in [0.1, 0.15) is 0 Å². The zero-order chi connectivity index (χ0) is 19.7. The highest BCUT2D eigenvalue weighted by Gasteiger charge is 2.17. The Balaban J connectivity index is 0.000000487. The van der Waals surface area contributed by atoms with Crippen LogP contribution < -0.4 is 14.2 Å². The zero-order valence-corrected chi connectivity index (χ0v) is 15.5. The van der Waals surface area contributed by atoms with E-state index in [0.29, 0.717) is 5.75 Å². The Morgan fingerprint density at radius 3 is 1.73 bits per heavy atom. The SMILES string of the molecule is COc1cc(CN2CCN(C)CC2)cc(OC)c1OC.O=C(O)C(=O)O. The van der Waals surface area contributed by atoms with Gasteiger partial charge in [0.25, 0.3) is 0 Å². The van der Waals surface area contributed by atoms with Gasteiger partial charge in [-0.05, 0) is 24.7 Å². The fraction of sp³-hybridized carbons (Fsp3) is 0.529. The van der Waals surface area contributed by atoms with Gasteiger partial charge >= 0.3 is 11.9 Å². The molecule has 26 heavy (non-hydrogen) atoms. The van der Waals surface area contributed by atoms with Crippen molar-refractivity contribution in [3.8, 4) is 17.2 Å². The van der Waals surface area contributed by atoms with E-state index in [-0.39, 0.29) is 0 Å². The molecule has 2 N–H and O–H groups in total. The Hall–Kier alpha value is -2.52. The summed E-state index contributed by atoms with van der Waals surface area (Å²) in [5.41, 5.74) is 1.18. The first-order valence-corrected chi connectivity index (χ1v) is 7.98. The maximum atomic E-state index is 9.10. The topological polar surface area (TPSA) is 109 Å². The van der Waals surface area contributed by atoms with Gasteiger partial charge < -0.3 is 29.3 Å². The van der Waals surface area contributed by atoms with E-state index >= 15 is 0 Å². The molecule has 1 aromatic rings. The summed E-state index contributed by atoms with van der Waals surface area (Å²) >= 11 is 0. The van der Waals surface area contributed by atoms with E-state index in [4.69, 9.17) is 34.0 Å². The number of hydrogen-bond acceptors (Lipinski definition) is 7. The molecule has 0 unspecified atom stereocenters. The second-order valence-electron chi connectivity index (χ2n) is 5.72. The van der Waals surface area contributed by atoms with Crippen molar-refractivity contribution in [1.29, 1.82) is 0 Å². The zero-order valence-electron chi connectivity index (χ0n) is 15.5. The van der Waals surface area contributed by atoms with Crippen molar-refractivity contribution in [1.82, 2.24) is 9.80 Å². The second kappa shape index (κ2) is 10.5. The number of carboxylic acid groups (broad SMARTS) is 2. The molecule has 1 saturated heterocycles. The highest BCUT2D eigenvalue weighted by atomic mass is 16.5. The number of hydrogen-bond donors (Lipinski definition) is 2. The lowest BCUT2D eigenvalue weighted by Crippen LogP contribution is -2.43. The van der Waals surface area contributed by atoms with Crippen LogP contribution in [-0.4, -0.2) is 86.5 Å². The number of carbonyl (C=O) groups is 2. The van der Waals surface area contributed by atoms with Gasteiger partial charge in [-0.1, -0.05) is 0 Å². The van der Waals surface area contributed by atoms with E-state index in [9.17, 15) is 0 Å². The van der Waals surface area contributed by atoms with Crippen LogP contribution in [0.2, 0.25) is 0 Å². The average molecular weight is 370 g/mol. The monoisotopic (exact) mass is 370 g/mol. The molecule has 0 spiro atoms. The minimum absolute atomic E-state index is 0.650. The van der Waals surface area contributed by atoms with Gasteiger partial charge in [0.2, 0.25) is 5.75 Å². The molecule has 0 atom stereocenters. The van der Waals surface area contributed by atoms with Crippen LogP contribution in [0.25, 0.3) is 0 Å². The van der Waals surface area contributed by atoms with E-state index in [1.54, 1.807) is 21.3 Å². The van der Waals surface area contributed by atoms with E-state index in [2.05, 4.69) is 16.8 Å². The number of benzene rings is 1. The fourth-order valence-electron chi connectivity index (χ4n) is 2.49. The third-order valence-corrected chi connectivity index (χ3v) is 3.91. The second-order valence-corrected chi connectivity index (χ2v) is 5.72. The molecule has 1 heterocycles. The normalized spacial score (nSPS) is 14.8. The molecule has 1 aliphatic heterocycles. The predicted molar refractivity (Wildman–Crippen MR) is 94.1 cm³/mol. The molecule has 0 bridgehead atoms. The molecule has 0 saturated carbocycles. The highest BCUT2D eigenvalue weighted by Crippen LogP contribution is 2.38. The molecule has 146 valence electrons. The summed E-state index contributed by atoms with van der Waals surface area (Å²) in [7, 11) is 7.09. The molecule has 0 aromatic heterocycles. The Labute approximate surface area is 152 Å². The maximum Gasteiger partial charge on any atom is 0.414 e. The summed E-state index contributed by atoms with van der Waals surface area (Å²) in [5, 5.41) is 14.8. The van der Waals surface area contributed by atoms with Crippen LogP contribution in [0.1, 0.15) is 5.56 Å². The van der Waals surface area contributed by atoms with Crippen LogP contribution in [0.4, 0.5) is 0 Å². The van der Waals surface area contributed by atoms with Crippen LogP contribution in [0, 0.1) is 0 Å². The van der Waals surface area contributed by atoms with Crippen LogP contribution in [0.3, 0.4) is 0 Å². The number of nitrogens with zero attached hydrogens (tertiary/aromatic N) is 2. The van der Waals surface area contributed by atoms with Gasteiger partial charge in [-0.2, -0.15) is 0 Å². The van der Waals surface area contributed by atoms with E-state index in [1.165, 1.54) is 5.56 Å². The molecule has 0 amide bonds. The molecule has 1 fully saturated rings. The molecule has 1 aromatic carbocycles. The average Bonchev–Trinajstić information content (AvgIpc) is 2.63. The summed E-state index contributed by atoms with van der Waals surface area (Å²) in [6.07, 6.45) is 0. The largest absolute Gasteiger partial charge is 0.493 e. The number of methoxy groups -OCH3 is 3. The number of rotatable bonds is 5. The van der Waals surface area contributed by atoms with E-state index in [1.807, 2.05) is 12.1 Å². The minimum atomic E-state index is -1.82. The molecule has 2 rings (SSSR count). The van der Waals surface area contributed by atoms with Gasteiger partial charge in [-0.25, -0.2) is 9.59 Å². The number of ether oxygens (including phenoxy) is 3. The first-order valence-electron chi connectivity index (χ1n) is 7.98. The number of likely N-dealkylation sites (N-methyl/N-ethyl adjacent to an activating group) is 1. The summed E-state index contributed by atoms with van der Waals surface area (Å²) < 4.78 is 16.1. The third kappa shape index (κ3) is 6.41. The van der Waals surface area contributed by atoms with Crippen molar-refractivity contribution in [3.05, 3.63) is 17.7 Å². The summed E-state index contributed by atoms with van der Waals surface area (Å²) in [4.78, 5) is 23.0. The molecule has 0 radical (unpaired) electrons. The predicted octanol–water partition coefficient (Wildman–Crippen LogP) is 0.615. The van der Waals surface area contributed by atoms with Gasteiger partial charge in [-0.15, -0.1) is 0 Å². The highest BCUT2D eigenvalue weighted by molar-refractivity contribution is 6.27. The minimum Gasteiger partial charge on any atom is -0.493 e. The van der Waals surface area contributed by atoms with Crippen molar-refractivity contribution in [2.45, 2.75) is 6.54 Å². The van der Waals surface area contributed by atoms with Gasteiger partial charge in [0, 0.05) is 32.7 Å². The quantitative estimate of drug-likeness (QED) is 0.721. The van der Waals surface area contributed by atoms with Crippen molar-refractivity contribution >= 4 is 11.9 Å². The first-order chi connectivity index (χ1) is 12.3. The van der Waals surface area contributed by atoms with Crippen LogP contribution in [0.5, 0.6) is 17.2 Å². The van der Waals surface area contributed by atoms with Crippen molar-refractivity contribution < 1.29 is 34.0 Å². The maximum absolute atomic E-state index is 9.10. The van der Waals surface area contributed by atoms with Crippen LogP contribution in [0.15, 0.2) is 12.1 Å². The smallest absolute Gasteiger partial charge is 0.414 e. The van der Waals surface area contributed by atoms with Gasteiger partial charge in [0.05, 0.1) is 21.3 Å². The lowest BCUT2D eigenvalue weighted by molar-refractivity contribution is -0.159. The Morgan fingerprint density at radius 2 is 1.38 bits per heavy atom. The summed E-state index contributed by atoms with van der Waals surface area (Å²) in [6.45, 7) is 5.32.